The number of nitrogens with zero attached hydrogens (tertiary/aromatic N) is 3. The molecule has 4 aromatic rings. The molecule has 0 bridgehead atoms. The van der Waals surface area contributed by atoms with Gasteiger partial charge in [-0.05, 0) is 74.0 Å². The zero-order valence-corrected chi connectivity index (χ0v) is 23.9. The molecule has 206 valence electrons. The van der Waals surface area contributed by atoms with E-state index in [4.69, 9.17) is 14.8 Å². The summed E-state index contributed by atoms with van der Waals surface area (Å²) in [7, 11) is 4.31. The molecule has 1 aliphatic rings. The lowest BCUT2D eigenvalue weighted by Crippen LogP contribution is -2.57. The summed E-state index contributed by atoms with van der Waals surface area (Å²) in [5, 5.41) is 17.9. The Labute approximate surface area is 235 Å². The highest BCUT2D eigenvalue weighted by molar-refractivity contribution is 7.17. The van der Waals surface area contributed by atoms with Gasteiger partial charge < -0.3 is 25.4 Å². The van der Waals surface area contributed by atoms with Gasteiger partial charge in [0.05, 0.1) is 23.6 Å². The molecule has 0 spiro atoms. The molecule has 7 nitrogen and oxygen atoms in total. The number of aliphatic hydroxyl groups is 1. The highest BCUT2D eigenvalue weighted by atomic mass is 32.1. The standard InChI is InChI=1S/C31H39N5O2S/c1-22-27(24-7-4-8-26(16-24)38-14-6-12-36-19-25(20-36)35(2)3)9-5-10-28(22)34-29-21-39-30-15-23(17-32-11-13-37)18-33-31(29)30/h4-5,7-10,15-16,18,21,25,32,34,37H,6,11-14,17,19-20H2,1-3H3. The number of anilines is 2. The minimum Gasteiger partial charge on any atom is -0.494 e. The third-order valence-corrected chi connectivity index (χ3v) is 8.31. The maximum Gasteiger partial charge on any atom is 0.119 e. The van der Waals surface area contributed by atoms with Gasteiger partial charge in [-0.2, -0.15) is 0 Å². The summed E-state index contributed by atoms with van der Waals surface area (Å²) < 4.78 is 7.27. The molecule has 3 N–H and O–H groups in total. The molecule has 5 rings (SSSR count). The fourth-order valence-corrected chi connectivity index (χ4v) is 5.87. The smallest absolute Gasteiger partial charge is 0.119 e. The average Bonchev–Trinajstić information content (AvgIpc) is 3.30. The number of nitrogens with one attached hydrogen (secondary N) is 2. The summed E-state index contributed by atoms with van der Waals surface area (Å²) in [5.41, 5.74) is 7.70. The van der Waals surface area contributed by atoms with Gasteiger partial charge in [0.15, 0.2) is 0 Å². The number of likely N-dealkylation sites (N-methyl/N-ethyl adjacent to an activating group) is 1. The van der Waals surface area contributed by atoms with Gasteiger partial charge >= 0.3 is 0 Å². The molecule has 0 atom stereocenters. The van der Waals surface area contributed by atoms with E-state index in [1.165, 1.54) is 11.1 Å². The normalized spacial score (nSPS) is 14.2. The van der Waals surface area contributed by atoms with Gasteiger partial charge in [0, 0.05) is 56.0 Å². The first kappa shape index (κ1) is 27.6. The van der Waals surface area contributed by atoms with E-state index in [2.05, 4.69) is 89.3 Å². The molecule has 8 heteroatoms. The van der Waals surface area contributed by atoms with Crippen LogP contribution in [0.4, 0.5) is 11.4 Å². The minimum atomic E-state index is 0.134. The SMILES string of the molecule is Cc1c(Nc2csc3cc(CNCCO)cnc23)cccc1-c1cccc(OCCCN2CC(N(C)C)C2)c1. The van der Waals surface area contributed by atoms with Crippen LogP contribution in [0.1, 0.15) is 17.5 Å². The second kappa shape index (κ2) is 12.9. The fourth-order valence-electron chi connectivity index (χ4n) is 4.96. The van der Waals surface area contributed by atoms with Crippen molar-refractivity contribution in [2.45, 2.75) is 25.9 Å². The second-order valence-corrected chi connectivity index (χ2v) is 11.4. The highest BCUT2D eigenvalue weighted by Gasteiger charge is 2.27. The topological polar surface area (TPSA) is 72.9 Å². The maximum atomic E-state index is 8.98. The molecule has 0 aliphatic carbocycles. The van der Waals surface area contributed by atoms with E-state index in [0.29, 0.717) is 19.1 Å². The van der Waals surface area contributed by atoms with Crippen molar-refractivity contribution in [3.8, 4) is 16.9 Å². The van der Waals surface area contributed by atoms with Crippen LogP contribution in [0.15, 0.2) is 60.1 Å². The van der Waals surface area contributed by atoms with Gasteiger partial charge in [0.25, 0.3) is 0 Å². The third-order valence-electron chi connectivity index (χ3n) is 7.39. The predicted octanol–water partition coefficient (Wildman–Crippen LogP) is 5.11. The van der Waals surface area contributed by atoms with Gasteiger partial charge in [-0.15, -0.1) is 11.3 Å². The van der Waals surface area contributed by atoms with E-state index in [0.717, 1.165) is 71.1 Å². The van der Waals surface area contributed by atoms with E-state index in [1.54, 1.807) is 11.3 Å². The van der Waals surface area contributed by atoms with Crippen LogP contribution in [0.2, 0.25) is 0 Å². The van der Waals surface area contributed by atoms with Crippen molar-refractivity contribution in [1.82, 2.24) is 20.1 Å². The predicted molar refractivity (Wildman–Crippen MR) is 162 cm³/mol. The number of rotatable bonds is 13. The Bertz CT molecular complexity index is 1380. The summed E-state index contributed by atoms with van der Waals surface area (Å²) in [6.07, 6.45) is 2.94. The maximum absolute atomic E-state index is 8.98. The molecule has 1 saturated heterocycles. The summed E-state index contributed by atoms with van der Waals surface area (Å²) in [5.74, 6) is 0.914. The Kier molecular flexibility index (Phi) is 9.11. The molecule has 39 heavy (non-hydrogen) atoms. The van der Waals surface area contributed by atoms with Crippen LogP contribution in [0.3, 0.4) is 0 Å². The van der Waals surface area contributed by atoms with Crippen LogP contribution >= 0.6 is 11.3 Å². The number of aliphatic hydroxyl groups excluding tert-OH is 1. The lowest BCUT2D eigenvalue weighted by Gasteiger charge is -2.42. The molecule has 1 aliphatic heterocycles. The largest absolute Gasteiger partial charge is 0.494 e. The van der Waals surface area contributed by atoms with E-state index in [1.807, 2.05) is 12.3 Å². The van der Waals surface area contributed by atoms with Crippen molar-refractivity contribution in [1.29, 1.82) is 0 Å². The minimum absolute atomic E-state index is 0.134. The first-order valence-corrected chi connectivity index (χ1v) is 14.6. The summed E-state index contributed by atoms with van der Waals surface area (Å²) in [4.78, 5) is 9.53. The Morgan fingerprint density at radius 3 is 2.79 bits per heavy atom. The molecule has 2 aromatic heterocycles. The zero-order chi connectivity index (χ0) is 27.2. The lowest BCUT2D eigenvalue weighted by atomic mass is 9.99. The van der Waals surface area contributed by atoms with Crippen LogP contribution in [0.25, 0.3) is 21.3 Å². The number of ether oxygens (including phenoxy) is 1. The third kappa shape index (κ3) is 6.77. The summed E-state index contributed by atoms with van der Waals surface area (Å²) >= 11 is 1.69. The van der Waals surface area contributed by atoms with Crippen LogP contribution in [-0.4, -0.2) is 79.4 Å². The van der Waals surface area contributed by atoms with E-state index < -0.39 is 0 Å². The molecule has 3 heterocycles. The Morgan fingerprint density at radius 1 is 1.13 bits per heavy atom. The van der Waals surface area contributed by atoms with Crippen LogP contribution in [-0.2, 0) is 6.54 Å². The van der Waals surface area contributed by atoms with Crippen LogP contribution < -0.4 is 15.4 Å². The Hall–Kier alpha value is -3.01. The number of pyridine rings is 1. The molecule has 0 saturated carbocycles. The number of aromatic nitrogens is 1. The zero-order valence-electron chi connectivity index (χ0n) is 23.1. The molecule has 0 radical (unpaired) electrons. The molecular weight excluding hydrogens is 506 g/mol. The summed E-state index contributed by atoms with van der Waals surface area (Å²) in [6, 6.07) is 17.7. The van der Waals surface area contributed by atoms with E-state index in [-0.39, 0.29) is 6.61 Å². The number of likely N-dealkylation sites (tertiary alicyclic amines) is 1. The monoisotopic (exact) mass is 545 g/mol. The van der Waals surface area contributed by atoms with E-state index in [9.17, 15) is 0 Å². The van der Waals surface area contributed by atoms with Gasteiger partial charge in [0.2, 0.25) is 0 Å². The Morgan fingerprint density at radius 2 is 1.97 bits per heavy atom. The van der Waals surface area contributed by atoms with Gasteiger partial charge in [-0.3, -0.25) is 9.88 Å². The van der Waals surface area contributed by atoms with Crippen molar-refractivity contribution in [3.05, 3.63) is 71.2 Å². The fraction of sp³-hybridized carbons (Fsp3) is 0.387. The molecule has 1 fully saturated rings. The first-order chi connectivity index (χ1) is 19.0. The quantitative estimate of drug-likeness (QED) is 0.202. The number of hydrogen-bond donors (Lipinski definition) is 3. The van der Waals surface area contributed by atoms with Gasteiger partial charge in [-0.25, -0.2) is 0 Å². The number of benzene rings is 2. The highest BCUT2D eigenvalue weighted by Crippen LogP contribution is 2.35. The van der Waals surface area contributed by atoms with Gasteiger partial charge in [0.1, 0.15) is 11.3 Å². The molecule has 0 amide bonds. The first-order valence-electron chi connectivity index (χ1n) is 13.7. The number of hydrogen-bond acceptors (Lipinski definition) is 8. The lowest BCUT2D eigenvalue weighted by molar-refractivity contribution is 0.0595. The molecule has 0 unspecified atom stereocenters. The van der Waals surface area contributed by atoms with Crippen LogP contribution in [0, 0.1) is 6.92 Å². The average molecular weight is 546 g/mol. The van der Waals surface area contributed by atoms with Crippen molar-refractivity contribution < 1.29 is 9.84 Å². The van der Waals surface area contributed by atoms with Crippen LogP contribution in [0.5, 0.6) is 5.75 Å². The van der Waals surface area contributed by atoms with Crippen molar-refractivity contribution >= 4 is 32.9 Å². The van der Waals surface area contributed by atoms with Gasteiger partial charge in [-0.1, -0.05) is 24.3 Å². The molecular formula is C31H39N5O2S. The number of fused-ring (bicyclic) bond motifs is 1. The second-order valence-electron chi connectivity index (χ2n) is 10.5. The van der Waals surface area contributed by atoms with Crippen molar-refractivity contribution in [2.75, 3.05) is 58.8 Å². The van der Waals surface area contributed by atoms with E-state index >= 15 is 0 Å². The summed E-state index contributed by atoms with van der Waals surface area (Å²) in [6.45, 7) is 7.71. The van der Waals surface area contributed by atoms with Crippen molar-refractivity contribution in [3.63, 3.8) is 0 Å². The molecule has 2 aromatic carbocycles. The van der Waals surface area contributed by atoms with Crippen molar-refractivity contribution in [2.24, 2.45) is 0 Å². The Balaban J connectivity index is 1.22. The number of thiophene rings is 1.